The molecule has 0 saturated heterocycles. The monoisotopic (exact) mass is 323 g/mol. The fourth-order valence-corrected chi connectivity index (χ4v) is 1.93. The minimum Gasteiger partial charge on any atom is -0.452 e. The van der Waals surface area contributed by atoms with E-state index in [0.29, 0.717) is 22.7 Å². The van der Waals surface area contributed by atoms with E-state index < -0.39 is 5.91 Å². The van der Waals surface area contributed by atoms with Crippen molar-refractivity contribution >= 4 is 34.8 Å². The number of benzene rings is 1. The zero-order chi connectivity index (χ0) is 15.2. The van der Waals surface area contributed by atoms with Gasteiger partial charge in [-0.1, -0.05) is 23.4 Å². The van der Waals surface area contributed by atoms with Gasteiger partial charge < -0.3 is 14.8 Å². The number of nitrogens with one attached hydrogen (secondary N) is 1. The van der Waals surface area contributed by atoms with Crippen molar-refractivity contribution in [2.24, 2.45) is 0 Å². The van der Waals surface area contributed by atoms with E-state index in [1.54, 1.807) is 18.2 Å². The van der Waals surface area contributed by atoms with Crippen molar-refractivity contribution < 1.29 is 14.3 Å². The fourth-order valence-electron chi connectivity index (χ4n) is 1.56. The highest BCUT2D eigenvalue weighted by Gasteiger charge is 2.14. The van der Waals surface area contributed by atoms with Gasteiger partial charge in [0.25, 0.3) is 5.91 Å². The van der Waals surface area contributed by atoms with Crippen LogP contribution in [0.15, 0.2) is 34.9 Å². The third kappa shape index (κ3) is 4.02. The van der Waals surface area contributed by atoms with Gasteiger partial charge in [0.2, 0.25) is 5.22 Å². The molecule has 1 heterocycles. The maximum Gasteiger partial charge on any atom is 0.260 e. The average Bonchev–Trinajstić information content (AvgIpc) is 2.89. The first-order valence-electron chi connectivity index (χ1n) is 6.05. The first-order valence-corrected chi connectivity index (χ1v) is 6.81. The van der Waals surface area contributed by atoms with E-state index in [1.807, 2.05) is 0 Å². The molecule has 2 N–H and O–H groups in total. The Morgan fingerprint density at radius 3 is 2.81 bits per heavy atom. The summed E-state index contributed by atoms with van der Waals surface area (Å²) in [5.41, 5.74) is 1.33. The highest BCUT2D eigenvalue weighted by Crippen LogP contribution is 2.25. The molecule has 0 saturated carbocycles. The summed E-state index contributed by atoms with van der Waals surface area (Å²) < 4.78 is 4.87. The number of carbonyl (C=O) groups is 1. The summed E-state index contributed by atoms with van der Waals surface area (Å²) in [6, 6.07) is 6.49. The lowest BCUT2D eigenvalue weighted by atomic mass is 10.2. The quantitative estimate of drug-likeness (QED) is 0.849. The third-order valence-corrected chi connectivity index (χ3v) is 3.17. The Labute approximate surface area is 131 Å². The van der Waals surface area contributed by atoms with Gasteiger partial charge in [0.15, 0.2) is 0 Å². The molecule has 0 aliphatic rings. The lowest BCUT2D eigenvalue weighted by Gasteiger charge is -2.06. The minimum absolute atomic E-state index is 0.00315. The summed E-state index contributed by atoms with van der Waals surface area (Å²) in [6.07, 6.45) is 1.71. The number of aliphatic hydroxyl groups is 1. The number of hydrogen-bond acceptors (Lipinski definition) is 3. The van der Waals surface area contributed by atoms with Gasteiger partial charge in [-0.05, 0) is 35.9 Å². The van der Waals surface area contributed by atoms with E-state index in [1.165, 1.54) is 12.3 Å². The van der Waals surface area contributed by atoms with Crippen LogP contribution in [0, 0.1) is 11.8 Å². The molecule has 0 fully saturated rings. The van der Waals surface area contributed by atoms with Crippen LogP contribution in [0.2, 0.25) is 10.2 Å². The fraction of sp³-hybridized carbons (Fsp3) is 0.133. The third-order valence-electron chi connectivity index (χ3n) is 2.55. The molecular weight excluding hydrogens is 313 g/mol. The Kier molecular flexibility index (Phi) is 5.29. The van der Waals surface area contributed by atoms with Gasteiger partial charge in [-0.25, -0.2) is 0 Å². The molecule has 0 radical (unpaired) electrons. The Balaban J connectivity index is 2.20. The molecule has 21 heavy (non-hydrogen) atoms. The van der Waals surface area contributed by atoms with Crippen LogP contribution in [0.25, 0.3) is 0 Å². The van der Waals surface area contributed by atoms with Gasteiger partial charge >= 0.3 is 0 Å². The molecule has 4 nitrogen and oxygen atoms in total. The predicted octanol–water partition coefficient (Wildman–Crippen LogP) is 3.57. The summed E-state index contributed by atoms with van der Waals surface area (Å²) in [7, 11) is 0. The van der Waals surface area contributed by atoms with E-state index in [-0.39, 0.29) is 17.4 Å². The molecular formula is C15H11Cl2NO3. The molecule has 1 aromatic heterocycles. The molecule has 2 aromatic rings. The van der Waals surface area contributed by atoms with E-state index in [0.717, 1.165) is 0 Å². The van der Waals surface area contributed by atoms with E-state index in [4.69, 9.17) is 32.7 Å². The number of anilines is 1. The topological polar surface area (TPSA) is 62.5 Å². The smallest absolute Gasteiger partial charge is 0.260 e. The lowest BCUT2D eigenvalue weighted by molar-refractivity contribution is 0.102. The summed E-state index contributed by atoms with van der Waals surface area (Å²) in [6.45, 7) is 0.00315. The molecule has 0 bridgehead atoms. The summed E-state index contributed by atoms with van der Waals surface area (Å²) in [5, 5.41) is 11.7. The average molecular weight is 324 g/mol. The standard InChI is InChI=1S/C15H11Cl2NO3/c16-12-5-4-10(3-1-2-7-19)9-13(12)18-15(20)11-6-8-21-14(11)17/h4-6,8-9,19H,2,7H2,(H,18,20). The second-order valence-corrected chi connectivity index (χ2v) is 4.78. The summed E-state index contributed by atoms with van der Waals surface area (Å²) >= 11 is 11.8. The number of halogens is 2. The maximum absolute atomic E-state index is 12.0. The molecule has 0 spiro atoms. The second kappa shape index (κ2) is 7.19. The van der Waals surface area contributed by atoms with E-state index in [2.05, 4.69) is 17.2 Å². The van der Waals surface area contributed by atoms with Crippen LogP contribution in [0.5, 0.6) is 0 Å². The molecule has 1 aromatic carbocycles. The van der Waals surface area contributed by atoms with E-state index in [9.17, 15) is 4.79 Å². The largest absolute Gasteiger partial charge is 0.452 e. The number of aliphatic hydroxyl groups excluding tert-OH is 1. The number of carbonyl (C=O) groups excluding carboxylic acids is 1. The van der Waals surface area contributed by atoms with Crippen LogP contribution in [-0.2, 0) is 0 Å². The van der Waals surface area contributed by atoms with Crippen LogP contribution < -0.4 is 5.32 Å². The van der Waals surface area contributed by atoms with Crippen LogP contribution in [0.4, 0.5) is 5.69 Å². The molecule has 0 aliphatic carbocycles. The van der Waals surface area contributed by atoms with Gasteiger partial charge in [-0.15, -0.1) is 0 Å². The predicted molar refractivity (Wildman–Crippen MR) is 81.7 cm³/mol. The van der Waals surface area contributed by atoms with Gasteiger partial charge in [-0.2, -0.15) is 0 Å². The lowest BCUT2D eigenvalue weighted by Crippen LogP contribution is -2.11. The number of rotatable bonds is 3. The van der Waals surface area contributed by atoms with Gasteiger partial charge in [0.1, 0.15) is 0 Å². The number of amides is 1. The second-order valence-electron chi connectivity index (χ2n) is 4.03. The van der Waals surface area contributed by atoms with Crippen LogP contribution in [-0.4, -0.2) is 17.6 Å². The molecule has 0 aliphatic heterocycles. The Morgan fingerprint density at radius 1 is 1.33 bits per heavy atom. The molecule has 0 atom stereocenters. The van der Waals surface area contributed by atoms with Crippen molar-refractivity contribution in [1.82, 2.24) is 0 Å². The van der Waals surface area contributed by atoms with Crippen LogP contribution in [0.3, 0.4) is 0 Å². The van der Waals surface area contributed by atoms with Crippen LogP contribution >= 0.6 is 23.2 Å². The Morgan fingerprint density at radius 2 is 2.14 bits per heavy atom. The highest BCUT2D eigenvalue weighted by atomic mass is 35.5. The van der Waals surface area contributed by atoms with Crippen molar-refractivity contribution in [3.63, 3.8) is 0 Å². The Hall–Kier alpha value is -1.93. The van der Waals surface area contributed by atoms with Gasteiger partial charge in [0, 0.05) is 12.0 Å². The first-order chi connectivity index (χ1) is 10.1. The van der Waals surface area contributed by atoms with Crippen molar-refractivity contribution in [2.75, 3.05) is 11.9 Å². The first kappa shape index (κ1) is 15.5. The molecule has 1 amide bonds. The summed E-state index contributed by atoms with van der Waals surface area (Å²) in [5.74, 6) is 5.24. The van der Waals surface area contributed by atoms with Crippen LogP contribution in [0.1, 0.15) is 22.3 Å². The maximum atomic E-state index is 12.0. The molecule has 2 rings (SSSR count). The molecule has 108 valence electrons. The molecule has 0 unspecified atom stereocenters. The van der Waals surface area contributed by atoms with Crippen molar-refractivity contribution in [2.45, 2.75) is 6.42 Å². The van der Waals surface area contributed by atoms with Gasteiger partial charge in [0.05, 0.1) is 29.1 Å². The van der Waals surface area contributed by atoms with Crippen molar-refractivity contribution in [3.05, 3.63) is 51.9 Å². The summed E-state index contributed by atoms with van der Waals surface area (Å²) in [4.78, 5) is 12.0. The number of hydrogen-bond donors (Lipinski definition) is 2. The van der Waals surface area contributed by atoms with Crippen molar-refractivity contribution in [3.8, 4) is 11.8 Å². The zero-order valence-corrected chi connectivity index (χ0v) is 12.3. The number of furan rings is 1. The van der Waals surface area contributed by atoms with Gasteiger partial charge in [-0.3, -0.25) is 4.79 Å². The highest BCUT2D eigenvalue weighted by molar-refractivity contribution is 6.35. The van der Waals surface area contributed by atoms with E-state index >= 15 is 0 Å². The minimum atomic E-state index is -0.420. The zero-order valence-electron chi connectivity index (χ0n) is 10.8. The van der Waals surface area contributed by atoms with Crippen molar-refractivity contribution in [1.29, 1.82) is 0 Å². The normalized spacial score (nSPS) is 9.86. The SMILES string of the molecule is O=C(Nc1cc(C#CCCO)ccc1Cl)c1ccoc1Cl. The molecule has 6 heteroatoms. The Bertz CT molecular complexity index is 713.